The molecule has 0 aliphatic heterocycles. The zero-order valence-corrected chi connectivity index (χ0v) is 71.2. The maximum Gasteiger partial charge on any atom is 0.119 e. The number of ether oxygens (including phenoxy) is 4. The van der Waals surface area contributed by atoms with Crippen LogP contribution in [0, 0.1) is 0 Å². The highest BCUT2D eigenvalue weighted by atomic mass is 16.5. The molecule has 0 bridgehead atoms. The van der Waals surface area contributed by atoms with Crippen molar-refractivity contribution in [3.63, 3.8) is 0 Å². The quantitative estimate of drug-likeness (QED) is 0.0282. The van der Waals surface area contributed by atoms with Gasteiger partial charge in [-0.25, -0.2) is 0 Å². The lowest BCUT2D eigenvalue weighted by molar-refractivity contribution is 0.304. The third kappa shape index (κ3) is 20.3. The van der Waals surface area contributed by atoms with Gasteiger partial charge in [0.2, 0.25) is 0 Å². The van der Waals surface area contributed by atoms with Gasteiger partial charge in [-0.1, -0.05) is 321 Å². The van der Waals surface area contributed by atoms with Gasteiger partial charge in [-0.05, 0) is 205 Å². The van der Waals surface area contributed by atoms with Gasteiger partial charge in [-0.2, -0.15) is 0 Å². The summed E-state index contributed by atoms with van der Waals surface area (Å²) in [6.07, 6.45) is 32.9. The Kier molecular flexibility index (Phi) is 28.1. The first-order chi connectivity index (χ1) is 60.6. The molecule has 0 saturated heterocycles. The van der Waals surface area contributed by atoms with Crippen LogP contribution in [-0.2, 0) is 26.2 Å². The molecule has 0 radical (unpaired) electrons. The molecule has 4 aromatic heterocycles. The third-order valence-electron chi connectivity index (χ3n) is 25.1. The van der Waals surface area contributed by atoms with Crippen LogP contribution in [0.3, 0.4) is 0 Å². The second-order valence-electron chi connectivity index (χ2n) is 33.5. The van der Waals surface area contributed by atoms with Crippen LogP contribution in [0.5, 0.6) is 23.0 Å². The highest BCUT2D eigenvalue weighted by Gasteiger charge is 2.17. The predicted molar refractivity (Wildman–Crippen MR) is 517 cm³/mol. The largest absolute Gasteiger partial charge is 0.494 e. The molecule has 0 aliphatic carbocycles. The van der Waals surface area contributed by atoms with Crippen molar-refractivity contribution in [3.8, 4) is 23.0 Å². The Morgan fingerprint density at radius 3 is 0.525 bits per heavy atom. The van der Waals surface area contributed by atoms with Crippen molar-refractivity contribution >= 4 is 111 Å². The second-order valence-corrected chi connectivity index (χ2v) is 33.5. The summed E-state index contributed by atoms with van der Waals surface area (Å²) in [7, 11) is 0. The number of benzene rings is 13. The SMILES string of the molecule is C(=C(c1ccc(OCCCCCCCCn2c3ccccc3c3ccccc32)cc1)c1ccc(OCCCCCCCCn2c3ccccc3c3ccccc32)cc1)c1ccc(C=C(c2ccc(OCCCCCCCCn3c4ccccc4c4ccccc43)cc2)c2ccc(OCCCCCCCCn3c4ccccc4c4ccccc43)cc2)cc1. The Morgan fingerprint density at radius 2 is 0.336 bits per heavy atom. The molecule has 17 aromatic rings. The molecular weight excluding hydrogens is 1490 g/mol. The monoisotopic (exact) mass is 1610 g/mol. The molecule has 0 spiro atoms. The van der Waals surface area contributed by atoms with Crippen molar-refractivity contribution in [1.29, 1.82) is 0 Å². The summed E-state index contributed by atoms with van der Waals surface area (Å²) in [5.41, 5.74) is 19.7. The number of aromatic nitrogens is 4. The van der Waals surface area contributed by atoms with Gasteiger partial charge in [-0.15, -0.1) is 0 Å². The van der Waals surface area contributed by atoms with Gasteiger partial charge in [0.15, 0.2) is 0 Å². The van der Waals surface area contributed by atoms with Gasteiger partial charge in [0.1, 0.15) is 23.0 Å². The normalized spacial score (nSPS) is 11.7. The Balaban J connectivity index is 0.525. The number of rotatable bonds is 46. The Hall–Kier alpha value is -12.3. The summed E-state index contributed by atoms with van der Waals surface area (Å²) in [5, 5.41) is 10.8. The van der Waals surface area contributed by atoms with Crippen LogP contribution >= 0.6 is 0 Å². The molecule has 0 unspecified atom stereocenters. The first-order valence-corrected chi connectivity index (χ1v) is 45.9. The molecule has 0 atom stereocenters. The highest BCUT2D eigenvalue weighted by Crippen LogP contribution is 2.37. The molecule has 13 aromatic carbocycles. The lowest BCUT2D eigenvalue weighted by Gasteiger charge is -2.13. The maximum absolute atomic E-state index is 6.44. The van der Waals surface area contributed by atoms with E-state index in [0.29, 0.717) is 26.4 Å². The molecule has 122 heavy (non-hydrogen) atoms. The minimum atomic E-state index is 0.708. The molecule has 4 heterocycles. The third-order valence-corrected chi connectivity index (χ3v) is 25.1. The van der Waals surface area contributed by atoms with E-state index in [4.69, 9.17) is 18.9 Å². The zero-order chi connectivity index (χ0) is 82.1. The smallest absolute Gasteiger partial charge is 0.119 e. The number of unbranched alkanes of at least 4 members (excludes halogenated alkanes) is 20. The fourth-order valence-corrected chi connectivity index (χ4v) is 18.7. The van der Waals surface area contributed by atoms with Gasteiger partial charge in [0.05, 0.1) is 26.4 Å². The number of hydrogen-bond acceptors (Lipinski definition) is 4. The maximum atomic E-state index is 6.44. The van der Waals surface area contributed by atoms with Crippen LogP contribution in [0.25, 0.3) is 111 Å². The van der Waals surface area contributed by atoms with Crippen molar-refractivity contribution in [2.24, 2.45) is 0 Å². The van der Waals surface area contributed by atoms with Gasteiger partial charge in [-0.3, -0.25) is 0 Å². The van der Waals surface area contributed by atoms with E-state index >= 15 is 0 Å². The van der Waals surface area contributed by atoms with Gasteiger partial charge < -0.3 is 37.2 Å². The van der Waals surface area contributed by atoms with E-state index in [1.807, 2.05) is 0 Å². The number of hydrogen-bond donors (Lipinski definition) is 0. The molecule has 8 heteroatoms. The van der Waals surface area contributed by atoms with Crippen LogP contribution in [0.15, 0.2) is 315 Å². The summed E-state index contributed by atoms with van der Waals surface area (Å²) >= 11 is 0. The van der Waals surface area contributed by atoms with Gasteiger partial charge >= 0.3 is 0 Å². The lowest BCUT2D eigenvalue weighted by Crippen LogP contribution is -1.99. The number of para-hydroxylation sites is 8. The van der Waals surface area contributed by atoms with Crippen molar-refractivity contribution in [3.05, 3.63) is 349 Å². The number of nitrogens with zero attached hydrogens (tertiary/aromatic N) is 4. The van der Waals surface area contributed by atoms with E-state index in [-0.39, 0.29) is 0 Å². The van der Waals surface area contributed by atoms with Crippen molar-refractivity contribution in [2.45, 2.75) is 180 Å². The Labute approximate surface area is 721 Å². The number of fused-ring (bicyclic) bond motifs is 12. The molecule has 618 valence electrons. The van der Waals surface area contributed by atoms with Gasteiger partial charge in [0, 0.05) is 113 Å². The highest BCUT2D eigenvalue weighted by molar-refractivity contribution is 6.11. The minimum absolute atomic E-state index is 0.708. The standard InChI is InChI=1S/C114H118N4O4/c1(9-33-77-115-107-49-25-17-41-97(107)98-42-18-26-50-108(98)115)5-13-37-81-119-93-69-61-89(62-70-93)105(90-63-71-94(72-64-90)120-82-38-14-6-2-10-34-78-116-109-51-27-19-43-99(109)100-44-20-28-52-110(100)116)85-87-57-59-88(60-58-87)86-106(91-65-73-95(74-66-91)121-83-39-15-7-3-11-35-79-117-111-53-29-21-45-101(111)102-46-22-30-54-112(102)117)92-67-75-96(76-68-92)122-84-40-16-8-4-12-36-80-118-113-55-31-23-47-103(113)104-48-24-32-56-114(104)118/h17-32,41-76,85-86H,1-16,33-40,77-84H2. The summed E-state index contributed by atoms with van der Waals surface area (Å²) in [6.45, 7) is 7.04. The molecule has 0 N–H and O–H groups in total. The lowest BCUT2D eigenvalue weighted by atomic mass is 9.94. The van der Waals surface area contributed by atoms with E-state index in [9.17, 15) is 0 Å². The second kappa shape index (κ2) is 41.8. The van der Waals surface area contributed by atoms with Crippen LogP contribution in [0.2, 0.25) is 0 Å². The fraction of sp³-hybridized carbons (Fsp3) is 0.281. The Bertz CT molecular complexity index is 5320. The van der Waals surface area contributed by atoms with E-state index in [2.05, 4.69) is 346 Å². The average molecular weight is 1610 g/mol. The fourth-order valence-electron chi connectivity index (χ4n) is 18.7. The molecule has 0 fully saturated rings. The topological polar surface area (TPSA) is 56.6 Å². The van der Waals surface area contributed by atoms with Crippen molar-refractivity contribution in [1.82, 2.24) is 18.3 Å². The summed E-state index contributed by atoms with van der Waals surface area (Å²) in [4.78, 5) is 0. The summed E-state index contributed by atoms with van der Waals surface area (Å²) in [5.74, 6) is 3.61. The first kappa shape index (κ1) is 82.1. The molecule has 17 rings (SSSR count). The summed E-state index contributed by atoms with van der Waals surface area (Å²) < 4.78 is 35.8. The van der Waals surface area contributed by atoms with Crippen molar-refractivity contribution in [2.75, 3.05) is 26.4 Å². The molecule has 0 amide bonds. The average Bonchev–Trinajstić information content (AvgIpc) is 1.64. The molecule has 0 aliphatic rings. The van der Waals surface area contributed by atoms with Crippen LogP contribution in [0.4, 0.5) is 0 Å². The van der Waals surface area contributed by atoms with E-state index in [1.54, 1.807) is 0 Å². The molecule has 0 saturated carbocycles. The Morgan fingerprint density at radius 1 is 0.172 bits per heavy atom. The van der Waals surface area contributed by atoms with Crippen LogP contribution in [0.1, 0.15) is 187 Å². The predicted octanol–water partition coefficient (Wildman–Crippen LogP) is 31.0. The van der Waals surface area contributed by atoms with E-state index in [1.165, 1.54) is 190 Å². The minimum Gasteiger partial charge on any atom is -0.494 e. The van der Waals surface area contributed by atoms with Crippen LogP contribution in [-0.4, -0.2) is 44.7 Å². The number of aryl methyl sites for hydroxylation is 4. The zero-order valence-electron chi connectivity index (χ0n) is 71.2. The van der Waals surface area contributed by atoms with Gasteiger partial charge in [0.25, 0.3) is 0 Å². The molecular formula is C114H118N4O4. The summed E-state index contributed by atoms with van der Waals surface area (Å²) in [6, 6.07) is 115. The van der Waals surface area contributed by atoms with E-state index in [0.717, 1.165) is 145 Å². The first-order valence-electron chi connectivity index (χ1n) is 45.9. The van der Waals surface area contributed by atoms with Crippen LogP contribution < -0.4 is 18.9 Å². The van der Waals surface area contributed by atoms with E-state index < -0.39 is 0 Å². The van der Waals surface area contributed by atoms with Crippen molar-refractivity contribution < 1.29 is 18.9 Å². The molecule has 8 nitrogen and oxygen atoms in total.